The fraction of sp³-hybridized carbons (Fsp3) is 0.259. The van der Waals surface area contributed by atoms with E-state index in [-0.39, 0.29) is 6.04 Å². The minimum atomic E-state index is 0.179. The first-order valence-corrected chi connectivity index (χ1v) is 11.7. The molecular formula is C27H29N3S. The largest absolute Gasteiger partial charge is 0.364 e. The van der Waals surface area contributed by atoms with Crippen molar-refractivity contribution in [3.8, 4) is 21.8 Å². The highest BCUT2D eigenvalue weighted by Gasteiger charge is 2.19. The van der Waals surface area contributed by atoms with E-state index in [2.05, 4.69) is 98.7 Å². The molecule has 1 N–H and O–H groups in total. The highest BCUT2D eigenvalue weighted by molar-refractivity contribution is 7.15. The molecule has 0 saturated carbocycles. The molecule has 0 bridgehead atoms. The third kappa shape index (κ3) is 4.86. The van der Waals surface area contributed by atoms with E-state index < -0.39 is 0 Å². The molecule has 2 aromatic heterocycles. The Morgan fingerprint density at radius 3 is 2.48 bits per heavy atom. The predicted molar refractivity (Wildman–Crippen MR) is 133 cm³/mol. The Kier molecular flexibility index (Phi) is 6.47. The summed E-state index contributed by atoms with van der Waals surface area (Å²) in [5, 5.41) is 4.57. The number of anilines is 1. The highest BCUT2D eigenvalue weighted by Crippen LogP contribution is 2.39. The molecule has 4 rings (SSSR count). The third-order valence-corrected chi connectivity index (χ3v) is 7.01. The summed E-state index contributed by atoms with van der Waals surface area (Å²) in [4.78, 5) is 11.0. The van der Waals surface area contributed by atoms with Crippen molar-refractivity contribution in [2.75, 3.05) is 5.32 Å². The van der Waals surface area contributed by atoms with Crippen LogP contribution in [-0.4, -0.2) is 9.97 Å². The lowest BCUT2D eigenvalue weighted by Crippen LogP contribution is -2.07. The van der Waals surface area contributed by atoms with E-state index >= 15 is 0 Å². The summed E-state index contributed by atoms with van der Waals surface area (Å²) in [6, 6.07) is 23.4. The Morgan fingerprint density at radius 2 is 1.74 bits per heavy atom. The molecule has 2 aromatic carbocycles. The Hall–Kier alpha value is -2.98. The zero-order valence-corrected chi connectivity index (χ0v) is 19.4. The van der Waals surface area contributed by atoms with Crippen LogP contribution in [-0.2, 0) is 0 Å². The van der Waals surface area contributed by atoms with Crippen LogP contribution in [0.1, 0.15) is 55.2 Å². The zero-order chi connectivity index (χ0) is 21.8. The van der Waals surface area contributed by atoms with E-state index in [0.717, 1.165) is 28.5 Å². The first-order valence-electron chi connectivity index (χ1n) is 10.9. The van der Waals surface area contributed by atoms with Crippen LogP contribution in [0.25, 0.3) is 21.8 Å². The highest BCUT2D eigenvalue weighted by atomic mass is 32.1. The molecule has 4 aromatic rings. The minimum absolute atomic E-state index is 0.179. The molecule has 4 heteroatoms. The van der Waals surface area contributed by atoms with Gasteiger partial charge in [-0.25, -0.2) is 9.97 Å². The molecule has 2 heterocycles. The molecule has 1 unspecified atom stereocenters. The molecule has 158 valence electrons. The Labute approximate surface area is 189 Å². The molecule has 0 fully saturated rings. The van der Waals surface area contributed by atoms with Gasteiger partial charge < -0.3 is 5.32 Å². The average Bonchev–Trinajstić information content (AvgIpc) is 3.25. The molecule has 0 aliphatic rings. The van der Waals surface area contributed by atoms with Gasteiger partial charge in [0.25, 0.3) is 0 Å². The van der Waals surface area contributed by atoms with Crippen molar-refractivity contribution in [2.24, 2.45) is 0 Å². The first kappa shape index (κ1) is 21.3. The SMILES string of the molecule is CCC(C)c1sc(-c2ccnc(N[C@@H](C)c3ccccc3)c2)nc1-c1cccc(C)c1. The van der Waals surface area contributed by atoms with Gasteiger partial charge in [0, 0.05) is 28.2 Å². The van der Waals surface area contributed by atoms with E-state index in [4.69, 9.17) is 4.98 Å². The fourth-order valence-electron chi connectivity index (χ4n) is 3.66. The maximum Gasteiger partial charge on any atom is 0.127 e. The number of hydrogen-bond acceptors (Lipinski definition) is 4. The van der Waals surface area contributed by atoms with Gasteiger partial charge in [-0.3, -0.25) is 0 Å². The lowest BCUT2D eigenvalue weighted by Gasteiger charge is -2.15. The topological polar surface area (TPSA) is 37.8 Å². The monoisotopic (exact) mass is 427 g/mol. The van der Waals surface area contributed by atoms with Crippen LogP contribution in [0.2, 0.25) is 0 Å². The first-order chi connectivity index (χ1) is 15.0. The van der Waals surface area contributed by atoms with Gasteiger partial charge in [-0.15, -0.1) is 11.3 Å². The van der Waals surface area contributed by atoms with Crippen molar-refractivity contribution in [3.05, 3.63) is 88.9 Å². The molecule has 0 aliphatic carbocycles. The minimum Gasteiger partial charge on any atom is -0.364 e. The average molecular weight is 428 g/mol. The van der Waals surface area contributed by atoms with Gasteiger partial charge in [-0.05, 0) is 49.9 Å². The quantitative estimate of drug-likeness (QED) is 0.326. The molecule has 2 atom stereocenters. The van der Waals surface area contributed by atoms with Crippen molar-refractivity contribution in [2.45, 2.75) is 46.1 Å². The van der Waals surface area contributed by atoms with E-state index in [1.807, 2.05) is 12.3 Å². The van der Waals surface area contributed by atoms with Gasteiger partial charge in [0.2, 0.25) is 0 Å². The molecule has 3 nitrogen and oxygen atoms in total. The fourth-order valence-corrected chi connectivity index (χ4v) is 4.88. The summed E-state index contributed by atoms with van der Waals surface area (Å²) in [7, 11) is 0. The summed E-state index contributed by atoms with van der Waals surface area (Å²) in [5.41, 5.74) is 5.91. The number of nitrogens with one attached hydrogen (secondary N) is 1. The number of aromatic nitrogens is 2. The van der Waals surface area contributed by atoms with Gasteiger partial charge in [0.1, 0.15) is 10.8 Å². The summed E-state index contributed by atoms with van der Waals surface area (Å²) >= 11 is 1.80. The second-order valence-electron chi connectivity index (χ2n) is 8.12. The maximum absolute atomic E-state index is 5.10. The smallest absolute Gasteiger partial charge is 0.127 e. The Balaban J connectivity index is 1.67. The molecular weight excluding hydrogens is 398 g/mol. The van der Waals surface area contributed by atoms with Gasteiger partial charge in [-0.2, -0.15) is 0 Å². The van der Waals surface area contributed by atoms with Crippen LogP contribution in [0.15, 0.2) is 72.9 Å². The van der Waals surface area contributed by atoms with Crippen molar-refractivity contribution >= 4 is 17.2 Å². The van der Waals surface area contributed by atoms with E-state index in [0.29, 0.717) is 5.92 Å². The molecule has 0 aliphatic heterocycles. The van der Waals surface area contributed by atoms with Crippen LogP contribution in [0, 0.1) is 6.92 Å². The number of hydrogen-bond donors (Lipinski definition) is 1. The molecule has 0 saturated heterocycles. The van der Waals surface area contributed by atoms with Gasteiger partial charge >= 0.3 is 0 Å². The summed E-state index contributed by atoms with van der Waals surface area (Å²) in [5.74, 6) is 1.34. The van der Waals surface area contributed by atoms with Crippen LogP contribution >= 0.6 is 11.3 Å². The second-order valence-corrected chi connectivity index (χ2v) is 9.15. The second kappa shape index (κ2) is 9.44. The molecule has 31 heavy (non-hydrogen) atoms. The number of thiazole rings is 1. The van der Waals surface area contributed by atoms with Crippen molar-refractivity contribution in [1.29, 1.82) is 0 Å². The van der Waals surface area contributed by atoms with Gasteiger partial charge in [0.05, 0.1) is 5.69 Å². The molecule has 0 amide bonds. The van der Waals surface area contributed by atoms with Crippen molar-refractivity contribution < 1.29 is 0 Å². The number of aryl methyl sites for hydroxylation is 1. The standard InChI is InChI=1S/C27H29N3S/c1-5-19(3)26-25(22-13-9-10-18(2)16-22)30-27(31-26)23-14-15-28-24(17-23)29-20(4)21-11-7-6-8-12-21/h6-17,19-20H,5H2,1-4H3,(H,28,29)/t19?,20-/m0/s1. The lowest BCUT2D eigenvalue weighted by atomic mass is 10.0. The van der Waals surface area contributed by atoms with Crippen LogP contribution < -0.4 is 5.32 Å². The van der Waals surface area contributed by atoms with Crippen LogP contribution in [0.3, 0.4) is 0 Å². The number of nitrogens with zero attached hydrogens (tertiary/aromatic N) is 2. The number of rotatable bonds is 7. The predicted octanol–water partition coefficient (Wildman–Crippen LogP) is 7.87. The summed E-state index contributed by atoms with van der Waals surface area (Å²) < 4.78 is 0. The van der Waals surface area contributed by atoms with Crippen LogP contribution in [0.4, 0.5) is 5.82 Å². The Morgan fingerprint density at radius 1 is 0.935 bits per heavy atom. The maximum atomic E-state index is 5.10. The van der Waals surface area contributed by atoms with Crippen LogP contribution in [0.5, 0.6) is 0 Å². The summed E-state index contributed by atoms with van der Waals surface area (Å²) in [6.07, 6.45) is 2.96. The zero-order valence-electron chi connectivity index (χ0n) is 18.6. The Bertz CT molecular complexity index is 1150. The number of benzene rings is 2. The number of pyridine rings is 1. The normalized spacial score (nSPS) is 13.0. The van der Waals surface area contributed by atoms with Crippen molar-refractivity contribution in [1.82, 2.24) is 9.97 Å². The summed E-state index contributed by atoms with van der Waals surface area (Å²) in [6.45, 7) is 8.82. The van der Waals surface area contributed by atoms with E-state index in [1.165, 1.54) is 21.6 Å². The van der Waals surface area contributed by atoms with E-state index in [9.17, 15) is 0 Å². The van der Waals surface area contributed by atoms with E-state index in [1.54, 1.807) is 11.3 Å². The molecule has 0 radical (unpaired) electrons. The third-order valence-electron chi connectivity index (χ3n) is 5.68. The van der Waals surface area contributed by atoms with Gasteiger partial charge in [-0.1, -0.05) is 67.9 Å². The lowest BCUT2D eigenvalue weighted by molar-refractivity contribution is 0.748. The van der Waals surface area contributed by atoms with Gasteiger partial charge in [0.15, 0.2) is 0 Å². The molecule has 0 spiro atoms. The van der Waals surface area contributed by atoms with Crippen molar-refractivity contribution in [3.63, 3.8) is 0 Å².